The maximum atomic E-state index is 7.04. The molecule has 0 amide bonds. The molecular formula is C76H48N2O2. The van der Waals surface area contributed by atoms with Crippen molar-refractivity contribution in [3.63, 3.8) is 0 Å². The SMILES string of the molecule is c1ccc(-c2oc3cc(N(c4cccc5ccccc45)c4ccc5ccc6c(N(c7ccc8c(-c9ccccc9)c(-c9ccccc9)oc8c7)c7cccc8ccccc78)ccc7ccc4c5c76)ccc3c2-c2ccccc2)cc1. The predicted molar refractivity (Wildman–Crippen MR) is 336 cm³/mol. The van der Waals surface area contributed by atoms with Crippen molar-refractivity contribution in [1.29, 1.82) is 0 Å². The van der Waals surface area contributed by atoms with Gasteiger partial charge in [-0.25, -0.2) is 0 Å². The monoisotopic (exact) mass is 1020 g/mol. The van der Waals surface area contributed by atoms with Crippen LogP contribution < -0.4 is 9.80 Å². The summed E-state index contributed by atoms with van der Waals surface area (Å²) in [5.41, 5.74) is 14.4. The minimum Gasteiger partial charge on any atom is -0.455 e. The number of rotatable bonds is 10. The van der Waals surface area contributed by atoms with Crippen LogP contribution >= 0.6 is 0 Å². The second-order valence-corrected chi connectivity index (χ2v) is 20.7. The molecule has 2 aromatic heterocycles. The van der Waals surface area contributed by atoms with E-state index in [0.717, 1.165) is 123 Å². The van der Waals surface area contributed by atoms with Crippen LogP contribution in [-0.4, -0.2) is 0 Å². The Balaban J connectivity index is 0.926. The predicted octanol–water partition coefficient (Wildman–Crippen LogP) is 22.0. The Kier molecular flexibility index (Phi) is 10.5. The van der Waals surface area contributed by atoms with Gasteiger partial charge in [-0.1, -0.05) is 231 Å². The van der Waals surface area contributed by atoms with Crippen molar-refractivity contribution >= 4 is 110 Å². The molecule has 0 radical (unpaired) electrons. The van der Waals surface area contributed by atoms with Gasteiger partial charge in [0.05, 0.1) is 22.7 Å². The zero-order valence-corrected chi connectivity index (χ0v) is 43.4. The summed E-state index contributed by atoms with van der Waals surface area (Å²) in [7, 11) is 0. The molecule has 4 nitrogen and oxygen atoms in total. The van der Waals surface area contributed by atoms with Crippen LogP contribution in [0, 0.1) is 0 Å². The van der Waals surface area contributed by atoms with E-state index in [9.17, 15) is 0 Å². The Labute approximate surface area is 462 Å². The molecule has 0 aliphatic carbocycles. The third-order valence-electron chi connectivity index (χ3n) is 16.2. The van der Waals surface area contributed by atoms with Gasteiger partial charge in [-0.2, -0.15) is 0 Å². The molecule has 374 valence electrons. The number of benzene rings is 14. The molecule has 0 aliphatic rings. The van der Waals surface area contributed by atoms with E-state index in [1.54, 1.807) is 0 Å². The average molecular weight is 1020 g/mol. The summed E-state index contributed by atoms with van der Waals surface area (Å²) in [6.45, 7) is 0. The number of nitrogens with zero attached hydrogens (tertiary/aromatic N) is 2. The van der Waals surface area contributed by atoms with Crippen LogP contribution in [0.5, 0.6) is 0 Å². The molecule has 2 heterocycles. The fraction of sp³-hybridized carbons (Fsp3) is 0. The van der Waals surface area contributed by atoms with Crippen LogP contribution in [0.2, 0.25) is 0 Å². The van der Waals surface area contributed by atoms with Crippen LogP contribution in [0.1, 0.15) is 0 Å². The lowest BCUT2D eigenvalue weighted by molar-refractivity contribution is 0.632. The van der Waals surface area contributed by atoms with Gasteiger partial charge in [0.25, 0.3) is 0 Å². The van der Waals surface area contributed by atoms with Gasteiger partial charge in [0.15, 0.2) is 0 Å². The van der Waals surface area contributed by atoms with E-state index in [0.29, 0.717) is 0 Å². The van der Waals surface area contributed by atoms with Gasteiger partial charge in [-0.3, -0.25) is 0 Å². The standard InChI is InChI=1S/C76H48N2O2/c1-5-21-51(22-6-1)73-63-43-39-57(47-69(63)79-75(73)55-25-9-3-10-26-55)77(65-33-17-29-49-19-13-15-31-59(49)65)67-45-37-53-36-42-62-68(46-38-54-35-41-61(67)71(53)72(54)62)78(66-34-18-30-50-20-14-16-32-60(50)66)58-40-44-64-70(48-58)80-76(56-27-11-4-12-28-56)74(64)52-23-7-2-8-24-52/h1-48H. The topological polar surface area (TPSA) is 32.8 Å². The van der Waals surface area contributed by atoms with Crippen molar-refractivity contribution in [2.45, 2.75) is 0 Å². The molecule has 0 unspecified atom stereocenters. The van der Waals surface area contributed by atoms with Crippen LogP contribution in [0.15, 0.2) is 300 Å². The normalized spacial score (nSPS) is 11.8. The fourth-order valence-corrected chi connectivity index (χ4v) is 12.6. The van der Waals surface area contributed by atoms with E-state index >= 15 is 0 Å². The van der Waals surface area contributed by atoms with E-state index in [-0.39, 0.29) is 0 Å². The molecule has 0 spiro atoms. The first-order valence-corrected chi connectivity index (χ1v) is 27.3. The summed E-state index contributed by atoms with van der Waals surface area (Å²) < 4.78 is 14.1. The van der Waals surface area contributed by atoms with Crippen molar-refractivity contribution < 1.29 is 8.83 Å². The van der Waals surface area contributed by atoms with Crippen molar-refractivity contribution in [3.8, 4) is 44.9 Å². The molecule has 0 saturated heterocycles. The maximum absolute atomic E-state index is 7.04. The molecule has 4 heteroatoms. The Bertz CT molecular complexity index is 4680. The Morgan fingerprint density at radius 1 is 0.225 bits per heavy atom. The quantitative estimate of drug-likeness (QED) is 0.128. The van der Waals surface area contributed by atoms with E-state index in [1.807, 2.05) is 0 Å². The van der Waals surface area contributed by atoms with E-state index in [2.05, 4.69) is 301 Å². The van der Waals surface area contributed by atoms with E-state index in [1.165, 1.54) is 32.3 Å². The number of hydrogen-bond donors (Lipinski definition) is 0. The van der Waals surface area contributed by atoms with Gasteiger partial charge in [0.1, 0.15) is 22.7 Å². The molecule has 0 aliphatic heterocycles. The highest BCUT2D eigenvalue weighted by Crippen LogP contribution is 2.52. The number of hydrogen-bond acceptors (Lipinski definition) is 4. The smallest absolute Gasteiger partial charge is 0.143 e. The molecule has 0 bridgehead atoms. The summed E-state index contributed by atoms with van der Waals surface area (Å²) >= 11 is 0. The first kappa shape index (κ1) is 45.5. The average Bonchev–Trinajstić information content (AvgIpc) is 4.24. The lowest BCUT2D eigenvalue weighted by Crippen LogP contribution is -2.12. The number of fused-ring (bicyclic) bond motifs is 4. The van der Waals surface area contributed by atoms with Crippen LogP contribution in [0.4, 0.5) is 34.1 Å². The second-order valence-electron chi connectivity index (χ2n) is 20.7. The third kappa shape index (κ3) is 7.31. The van der Waals surface area contributed by atoms with Gasteiger partial charge in [-0.15, -0.1) is 0 Å². The zero-order valence-electron chi connectivity index (χ0n) is 43.4. The van der Waals surface area contributed by atoms with Crippen LogP contribution in [0.3, 0.4) is 0 Å². The molecular weight excluding hydrogens is 973 g/mol. The number of anilines is 6. The van der Waals surface area contributed by atoms with Gasteiger partial charge in [-0.05, 0) is 92.0 Å². The fourth-order valence-electron chi connectivity index (χ4n) is 12.6. The van der Waals surface area contributed by atoms with Gasteiger partial charge >= 0.3 is 0 Å². The summed E-state index contributed by atoms with van der Waals surface area (Å²) in [6, 6.07) is 105. The number of furan rings is 2. The van der Waals surface area contributed by atoms with Crippen LogP contribution in [0.25, 0.3) is 121 Å². The molecule has 14 aromatic carbocycles. The zero-order chi connectivity index (χ0) is 52.7. The summed E-state index contributed by atoms with van der Waals surface area (Å²) in [4.78, 5) is 4.88. The molecule has 0 atom stereocenters. The van der Waals surface area contributed by atoms with E-state index < -0.39 is 0 Å². The largest absolute Gasteiger partial charge is 0.455 e. The Morgan fingerprint density at radius 2 is 0.562 bits per heavy atom. The minimum atomic E-state index is 0.821. The summed E-state index contributed by atoms with van der Waals surface area (Å²) in [5.74, 6) is 1.71. The molecule has 0 fully saturated rings. The highest BCUT2D eigenvalue weighted by atomic mass is 16.3. The maximum Gasteiger partial charge on any atom is 0.143 e. The first-order chi connectivity index (χ1) is 39.7. The van der Waals surface area contributed by atoms with Crippen molar-refractivity contribution in [3.05, 3.63) is 291 Å². The Hall–Kier alpha value is -10.7. The van der Waals surface area contributed by atoms with Gasteiger partial charge in [0.2, 0.25) is 0 Å². The molecule has 80 heavy (non-hydrogen) atoms. The van der Waals surface area contributed by atoms with Crippen molar-refractivity contribution in [1.82, 2.24) is 0 Å². The minimum absolute atomic E-state index is 0.821. The highest BCUT2D eigenvalue weighted by Gasteiger charge is 2.27. The van der Waals surface area contributed by atoms with Crippen molar-refractivity contribution in [2.75, 3.05) is 9.80 Å². The van der Waals surface area contributed by atoms with Crippen molar-refractivity contribution in [2.24, 2.45) is 0 Å². The van der Waals surface area contributed by atoms with Gasteiger partial charge < -0.3 is 18.6 Å². The third-order valence-corrected chi connectivity index (χ3v) is 16.2. The Morgan fingerprint density at radius 3 is 0.988 bits per heavy atom. The summed E-state index contributed by atoms with van der Waals surface area (Å²) in [6.07, 6.45) is 0. The second kappa shape index (κ2) is 18.5. The van der Waals surface area contributed by atoms with Gasteiger partial charge in [0, 0.05) is 78.1 Å². The molecule has 0 N–H and O–H groups in total. The highest BCUT2D eigenvalue weighted by molar-refractivity contribution is 6.29. The summed E-state index contributed by atoms with van der Waals surface area (Å²) in [5, 5.41) is 13.8. The van der Waals surface area contributed by atoms with E-state index in [4.69, 9.17) is 8.83 Å². The molecule has 16 rings (SSSR count). The first-order valence-electron chi connectivity index (χ1n) is 27.3. The lowest BCUT2D eigenvalue weighted by atomic mass is 9.91. The van der Waals surface area contributed by atoms with Crippen LogP contribution in [-0.2, 0) is 0 Å². The molecule has 16 aromatic rings. The molecule has 0 saturated carbocycles. The lowest BCUT2D eigenvalue weighted by Gasteiger charge is -2.30.